The molecule has 1 fully saturated rings. The first-order valence-corrected chi connectivity index (χ1v) is 9.97. The lowest BCUT2D eigenvalue weighted by Crippen LogP contribution is -2.53. The fourth-order valence-electron chi connectivity index (χ4n) is 2.90. The summed E-state index contributed by atoms with van der Waals surface area (Å²) in [6.45, 7) is 8.05. The average molecular weight is 393 g/mol. The third kappa shape index (κ3) is 6.56. The minimum absolute atomic E-state index is 0.0494. The van der Waals surface area contributed by atoms with Crippen molar-refractivity contribution in [2.75, 3.05) is 5.75 Å². The van der Waals surface area contributed by atoms with Crippen molar-refractivity contribution in [2.24, 2.45) is 11.3 Å². The zero-order valence-corrected chi connectivity index (χ0v) is 16.5. The number of carbonyl (C=O) groups excluding carboxylic acids is 3. The van der Waals surface area contributed by atoms with Crippen LogP contribution in [0, 0.1) is 11.3 Å². The van der Waals surface area contributed by atoms with E-state index in [1.165, 1.54) is 6.92 Å². The monoisotopic (exact) mass is 393 g/mol. The van der Waals surface area contributed by atoms with Gasteiger partial charge in [0.25, 0.3) is 10.1 Å². The van der Waals surface area contributed by atoms with Crippen LogP contribution in [0.5, 0.6) is 0 Å². The molecule has 1 heterocycles. The molecule has 1 aliphatic heterocycles. The molecular formula is C16H27NO8S. The third-order valence-electron chi connectivity index (χ3n) is 4.14. The molecule has 0 aliphatic carbocycles. The molecule has 0 aromatic rings. The van der Waals surface area contributed by atoms with Gasteiger partial charge in [0.05, 0.1) is 5.75 Å². The maximum Gasteiger partial charge on any atom is 0.348 e. The van der Waals surface area contributed by atoms with Crippen LogP contribution in [0.2, 0.25) is 0 Å². The average Bonchev–Trinajstić information content (AvgIpc) is 2.44. The van der Waals surface area contributed by atoms with Crippen molar-refractivity contribution in [3.8, 4) is 0 Å². The Kier molecular flexibility index (Phi) is 7.17. The van der Waals surface area contributed by atoms with E-state index < -0.39 is 51.5 Å². The molecule has 9 nitrogen and oxygen atoms in total. The highest BCUT2D eigenvalue weighted by molar-refractivity contribution is 7.85. The predicted molar refractivity (Wildman–Crippen MR) is 91.6 cm³/mol. The quantitative estimate of drug-likeness (QED) is 0.454. The van der Waals surface area contributed by atoms with Gasteiger partial charge >= 0.3 is 11.9 Å². The smallest absolute Gasteiger partial charge is 0.348 e. The van der Waals surface area contributed by atoms with Gasteiger partial charge in [0.1, 0.15) is 0 Å². The number of hydrogen-bond donors (Lipinski definition) is 2. The summed E-state index contributed by atoms with van der Waals surface area (Å²) < 4.78 is 41.4. The van der Waals surface area contributed by atoms with E-state index in [1.807, 2.05) is 0 Å². The first kappa shape index (κ1) is 22.4. The van der Waals surface area contributed by atoms with Gasteiger partial charge in [0.2, 0.25) is 18.1 Å². The van der Waals surface area contributed by atoms with Gasteiger partial charge in [-0.3, -0.25) is 9.35 Å². The molecule has 0 bridgehead atoms. The van der Waals surface area contributed by atoms with Crippen LogP contribution in [0.1, 0.15) is 47.5 Å². The molecule has 0 spiro atoms. The van der Waals surface area contributed by atoms with Crippen molar-refractivity contribution >= 4 is 28.0 Å². The number of carbonyl (C=O) groups is 3. The highest BCUT2D eigenvalue weighted by atomic mass is 32.2. The summed E-state index contributed by atoms with van der Waals surface area (Å²) in [6.07, 6.45) is -2.04. The van der Waals surface area contributed by atoms with E-state index in [2.05, 4.69) is 5.32 Å². The number of nitrogens with one attached hydrogen (secondary N) is 1. The lowest BCUT2D eigenvalue weighted by atomic mass is 9.79. The summed E-state index contributed by atoms with van der Waals surface area (Å²) in [6, 6.07) is -0.640. The van der Waals surface area contributed by atoms with Gasteiger partial charge in [0.15, 0.2) is 0 Å². The minimum Gasteiger partial charge on any atom is -0.447 e. The molecule has 1 rings (SSSR count). The van der Waals surface area contributed by atoms with Gasteiger partial charge in [-0.05, 0) is 12.8 Å². The Morgan fingerprint density at radius 1 is 1.23 bits per heavy atom. The zero-order chi connectivity index (χ0) is 20.3. The van der Waals surface area contributed by atoms with E-state index in [1.54, 1.807) is 27.7 Å². The van der Waals surface area contributed by atoms with Gasteiger partial charge in [-0.15, -0.1) is 0 Å². The number of esters is 2. The predicted octanol–water partition coefficient (Wildman–Crippen LogP) is 0.679. The van der Waals surface area contributed by atoms with Crippen LogP contribution in [-0.4, -0.2) is 54.8 Å². The molecule has 26 heavy (non-hydrogen) atoms. The molecule has 0 aromatic heterocycles. The number of hydrogen-bond acceptors (Lipinski definition) is 7. The van der Waals surface area contributed by atoms with Crippen LogP contribution in [0.4, 0.5) is 0 Å². The largest absolute Gasteiger partial charge is 0.447 e. The molecule has 150 valence electrons. The molecule has 0 saturated carbocycles. The SMILES string of the molecule is CC(=O)NC(CCS(=O)(=O)O)CC(C)(C)[C@H]1OC(=O)C(C(C)C)OC1=O. The fourth-order valence-corrected chi connectivity index (χ4v) is 3.48. The summed E-state index contributed by atoms with van der Waals surface area (Å²) in [7, 11) is -4.20. The van der Waals surface area contributed by atoms with E-state index in [9.17, 15) is 22.8 Å². The van der Waals surface area contributed by atoms with Gasteiger partial charge < -0.3 is 14.8 Å². The Morgan fingerprint density at radius 3 is 2.27 bits per heavy atom. The first-order chi connectivity index (χ1) is 11.7. The van der Waals surface area contributed by atoms with Crippen LogP contribution in [-0.2, 0) is 34.0 Å². The second-order valence-corrected chi connectivity index (χ2v) is 9.16. The molecule has 3 atom stereocenters. The lowest BCUT2D eigenvalue weighted by molar-refractivity contribution is -0.207. The molecular weight excluding hydrogens is 366 g/mol. The summed E-state index contributed by atoms with van der Waals surface area (Å²) in [5.41, 5.74) is -0.930. The molecule has 2 N–H and O–H groups in total. The molecule has 1 aliphatic rings. The van der Waals surface area contributed by atoms with E-state index in [4.69, 9.17) is 14.0 Å². The van der Waals surface area contributed by atoms with Crippen LogP contribution < -0.4 is 5.32 Å². The second kappa shape index (κ2) is 8.34. The van der Waals surface area contributed by atoms with Gasteiger partial charge in [0, 0.05) is 24.3 Å². The molecule has 1 amide bonds. The molecule has 1 saturated heterocycles. The maximum absolute atomic E-state index is 12.3. The van der Waals surface area contributed by atoms with Crippen LogP contribution in [0.25, 0.3) is 0 Å². The van der Waals surface area contributed by atoms with E-state index >= 15 is 0 Å². The number of rotatable bonds is 8. The highest BCUT2D eigenvalue weighted by Gasteiger charge is 2.48. The van der Waals surface area contributed by atoms with Crippen molar-refractivity contribution in [1.82, 2.24) is 5.32 Å². The Bertz CT molecular complexity index is 655. The molecule has 2 unspecified atom stereocenters. The number of amides is 1. The Balaban J connectivity index is 2.90. The van der Waals surface area contributed by atoms with Crippen LogP contribution in [0.3, 0.4) is 0 Å². The normalized spacial score (nSPS) is 22.6. The number of cyclic esters (lactones) is 2. The van der Waals surface area contributed by atoms with Gasteiger partial charge in [-0.25, -0.2) is 9.59 Å². The number of ether oxygens (including phenoxy) is 2. The van der Waals surface area contributed by atoms with E-state index in [0.29, 0.717) is 0 Å². The molecule has 0 radical (unpaired) electrons. The Labute approximate surface area is 153 Å². The fraction of sp³-hybridized carbons (Fsp3) is 0.812. The van der Waals surface area contributed by atoms with E-state index in [0.717, 1.165) is 0 Å². The van der Waals surface area contributed by atoms with E-state index in [-0.39, 0.29) is 24.7 Å². The topological polar surface area (TPSA) is 136 Å². The molecule has 10 heteroatoms. The van der Waals surface area contributed by atoms with Crippen molar-refractivity contribution < 1.29 is 36.8 Å². The lowest BCUT2D eigenvalue weighted by Gasteiger charge is -2.39. The zero-order valence-electron chi connectivity index (χ0n) is 15.6. The summed E-state index contributed by atoms with van der Waals surface area (Å²) >= 11 is 0. The standard InChI is InChI=1S/C16H27NO8S/c1-9(2)12-14(19)25-13(15(20)24-12)16(4,5)8-11(17-10(3)18)6-7-26(21,22)23/h9,11-13H,6-8H2,1-5H3,(H,17,18)(H,21,22,23)/t11?,12?,13-/m0/s1. The van der Waals surface area contributed by atoms with Crippen molar-refractivity contribution in [3.05, 3.63) is 0 Å². The third-order valence-corrected chi connectivity index (χ3v) is 4.89. The maximum atomic E-state index is 12.3. The second-order valence-electron chi connectivity index (χ2n) is 7.58. The highest BCUT2D eigenvalue weighted by Crippen LogP contribution is 2.34. The van der Waals surface area contributed by atoms with Gasteiger partial charge in [-0.1, -0.05) is 27.7 Å². The minimum atomic E-state index is -4.20. The van der Waals surface area contributed by atoms with Crippen molar-refractivity contribution in [3.63, 3.8) is 0 Å². The van der Waals surface area contributed by atoms with Crippen LogP contribution in [0.15, 0.2) is 0 Å². The first-order valence-electron chi connectivity index (χ1n) is 8.36. The molecule has 0 aromatic carbocycles. The van der Waals surface area contributed by atoms with Crippen LogP contribution >= 0.6 is 0 Å². The van der Waals surface area contributed by atoms with Crippen molar-refractivity contribution in [1.29, 1.82) is 0 Å². The van der Waals surface area contributed by atoms with Crippen molar-refractivity contribution in [2.45, 2.75) is 65.7 Å². The summed E-state index contributed by atoms with van der Waals surface area (Å²) in [5, 5.41) is 2.59. The Hall–Kier alpha value is -1.68. The van der Waals surface area contributed by atoms with Gasteiger partial charge in [-0.2, -0.15) is 8.42 Å². The summed E-state index contributed by atoms with van der Waals surface area (Å²) in [4.78, 5) is 35.8. The Morgan fingerprint density at radius 2 is 1.81 bits per heavy atom. The summed E-state index contributed by atoms with van der Waals surface area (Å²) in [5.74, 6) is -2.46.